The van der Waals surface area contributed by atoms with E-state index in [-0.39, 0.29) is 0 Å². The van der Waals surface area contributed by atoms with Gasteiger partial charge < -0.3 is 0 Å². The van der Waals surface area contributed by atoms with Gasteiger partial charge >= 0.3 is 0 Å². The molecule has 0 aromatic carbocycles. The summed E-state index contributed by atoms with van der Waals surface area (Å²) in [6.07, 6.45) is 5.27. The van der Waals surface area contributed by atoms with Crippen molar-refractivity contribution in [3.05, 3.63) is 47.5 Å². The van der Waals surface area contributed by atoms with E-state index < -0.39 is 0 Å². The maximum Gasteiger partial charge on any atom is 0.136 e. The predicted octanol–water partition coefficient (Wildman–Crippen LogP) is 3.69. The lowest BCUT2D eigenvalue weighted by Crippen LogP contribution is -1.87. The second-order valence-electron chi connectivity index (χ2n) is 3.06. The van der Waals surface area contributed by atoms with Gasteiger partial charge in [0.25, 0.3) is 0 Å². The molecule has 0 aliphatic rings. The number of nitrogens with zero attached hydrogens (tertiary/aromatic N) is 2. The Morgan fingerprint density at radius 1 is 1.33 bits per heavy atom. The summed E-state index contributed by atoms with van der Waals surface area (Å²) in [6.45, 7) is 0. The van der Waals surface area contributed by atoms with Crippen LogP contribution < -0.4 is 0 Å². The van der Waals surface area contributed by atoms with Crippen LogP contribution in [-0.2, 0) is 5.33 Å². The van der Waals surface area contributed by atoms with Crippen LogP contribution in [0.2, 0.25) is 5.15 Å². The Kier molecular flexibility index (Phi) is 3.34. The molecule has 15 heavy (non-hydrogen) atoms. The van der Waals surface area contributed by atoms with E-state index in [4.69, 9.17) is 11.6 Å². The fraction of sp³-hybridized carbons (Fsp3) is 0.0909. The molecule has 0 bridgehead atoms. The summed E-state index contributed by atoms with van der Waals surface area (Å²) in [5.74, 6) is 0. The van der Waals surface area contributed by atoms with Gasteiger partial charge in [0.2, 0.25) is 0 Å². The minimum atomic E-state index is 0.507. The van der Waals surface area contributed by atoms with Crippen molar-refractivity contribution in [2.45, 2.75) is 5.33 Å². The quantitative estimate of drug-likeness (QED) is 0.620. The van der Waals surface area contributed by atoms with Crippen molar-refractivity contribution in [1.29, 1.82) is 0 Å². The van der Waals surface area contributed by atoms with Gasteiger partial charge in [-0.05, 0) is 17.7 Å². The number of rotatable bonds is 2. The Labute approximate surface area is 101 Å². The van der Waals surface area contributed by atoms with Gasteiger partial charge in [0.05, 0.1) is 0 Å². The largest absolute Gasteiger partial charge is 0.264 e. The Morgan fingerprint density at radius 3 is 2.87 bits per heavy atom. The first-order valence-corrected chi connectivity index (χ1v) is 5.92. The summed E-state index contributed by atoms with van der Waals surface area (Å²) in [4.78, 5) is 8.19. The minimum absolute atomic E-state index is 0.507. The molecular formula is C11H8BrClN2. The zero-order valence-electron chi connectivity index (χ0n) is 7.82. The van der Waals surface area contributed by atoms with Gasteiger partial charge in [0.15, 0.2) is 0 Å². The maximum absolute atomic E-state index is 6.03. The van der Waals surface area contributed by atoms with Crippen LogP contribution in [0.25, 0.3) is 11.1 Å². The number of aromatic nitrogens is 2. The van der Waals surface area contributed by atoms with Crippen LogP contribution >= 0.6 is 27.5 Å². The fourth-order valence-electron chi connectivity index (χ4n) is 1.29. The lowest BCUT2D eigenvalue weighted by Gasteiger charge is -2.04. The topological polar surface area (TPSA) is 25.8 Å². The number of pyridine rings is 2. The standard InChI is InChI=1S/C11H8BrClN2/c12-5-8-4-10(11(13)15-6-8)9-2-1-3-14-7-9/h1-4,6-7H,5H2. The third-order valence-corrected chi connectivity index (χ3v) is 2.97. The summed E-state index contributed by atoms with van der Waals surface area (Å²) in [6, 6.07) is 5.86. The maximum atomic E-state index is 6.03. The van der Waals surface area contributed by atoms with Gasteiger partial charge in [-0.25, -0.2) is 4.98 Å². The van der Waals surface area contributed by atoms with Crippen LogP contribution in [0.4, 0.5) is 0 Å². The first-order valence-electron chi connectivity index (χ1n) is 4.42. The summed E-state index contributed by atoms with van der Waals surface area (Å²) in [5, 5.41) is 1.28. The zero-order valence-corrected chi connectivity index (χ0v) is 10.2. The Bertz CT molecular complexity index is 459. The van der Waals surface area contributed by atoms with Crippen LogP contribution in [0, 0.1) is 0 Å². The Hall–Kier alpha value is -0.930. The normalized spacial score (nSPS) is 10.3. The van der Waals surface area contributed by atoms with Crippen LogP contribution in [0.5, 0.6) is 0 Å². The summed E-state index contributed by atoms with van der Waals surface area (Å²) >= 11 is 9.42. The van der Waals surface area contributed by atoms with E-state index in [0.29, 0.717) is 5.15 Å². The molecule has 76 valence electrons. The lowest BCUT2D eigenvalue weighted by atomic mass is 10.1. The molecule has 0 saturated carbocycles. The lowest BCUT2D eigenvalue weighted by molar-refractivity contribution is 1.25. The van der Waals surface area contributed by atoms with Gasteiger partial charge in [-0.1, -0.05) is 33.6 Å². The Morgan fingerprint density at radius 2 is 2.20 bits per heavy atom. The van der Waals surface area contributed by atoms with Crippen LogP contribution in [-0.4, -0.2) is 9.97 Å². The number of hydrogen-bond donors (Lipinski definition) is 0. The average Bonchev–Trinajstić information content (AvgIpc) is 2.31. The van der Waals surface area contributed by atoms with E-state index in [1.807, 2.05) is 18.2 Å². The molecule has 0 aliphatic heterocycles. The molecule has 2 heterocycles. The van der Waals surface area contributed by atoms with Gasteiger partial charge in [-0.15, -0.1) is 0 Å². The van der Waals surface area contributed by atoms with Gasteiger partial charge in [0, 0.05) is 35.0 Å². The highest BCUT2D eigenvalue weighted by Gasteiger charge is 2.05. The zero-order chi connectivity index (χ0) is 10.7. The van der Waals surface area contributed by atoms with Crippen molar-refractivity contribution < 1.29 is 0 Å². The van der Waals surface area contributed by atoms with Crippen LogP contribution in [0.3, 0.4) is 0 Å². The first-order chi connectivity index (χ1) is 7.31. The van der Waals surface area contributed by atoms with Crippen molar-refractivity contribution in [3.8, 4) is 11.1 Å². The highest BCUT2D eigenvalue weighted by molar-refractivity contribution is 9.08. The number of hydrogen-bond acceptors (Lipinski definition) is 2. The molecule has 2 aromatic heterocycles. The highest BCUT2D eigenvalue weighted by atomic mass is 79.9. The van der Waals surface area contributed by atoms with Crippen molar-refractivity contribution in [2.75, 3.05) is 0 Å². The predicted molar refractivity (Wildman–Crippen MR) is 65.1 cm³/mol. The van der Waals surface area contributed by atoms with E-state index in [2.05, 4.69) is 25.9 Å². The molecule has 0 saturated heterocycles. The molecule has 0 atom stereocenters. The number of halogens is 2. The molecule has 0 amide bonds. The molecule has 0 unspecified atom stereocenters. The van der Waals surface area contributed by atoms with E-state index >= 15 is 0 Å². The highest BCUT2D eigenvalue weighted by Crippen LogP contribution is 2.26. The van der Waals surface area contributed by atoms with Crippen molar-refractivity contribution >= 4 is 27.5 Å². The molecule has 2 aromatic rings. The van der Waals surface area contributed by atoms with Gasteiger partial charge in [0.1, 0.15) is 5.15 Å². The summed E-state index contributed by atoms with van der Waals surface area (Å²) in [7, 11) is 0. The van der Waals surface area contributed by atoms with Crippen LogP contribution in [0.15, 0.2) is 36.8 Å². The molecule has 2 nitrogen and oxygen atoms in total. The van der Waals surface area contributed by atoms with Gasteiger partial charge in [-0.3, -0.25) is 4.98 Å². The average molecular weight is 284 g/mol. The third-order valence-electron chi connectivity index (χ3n) is 2.02. The second kappa shape index (κ2) is 4.73. The molecule has 0 aliphatic carbocycles. The smallest absolute Gasteiger partial charge is 0.136 e. The second-order valence-corrected chi connectivity index (χ2v) is 3.98. The Balaban J connectivity index is 2.52. The van der Waals surface area contributed by atoms with E-state index in [0.717, 1.165) is 22.0 Å². The SMILES string of the molecule is Clc1ncc(CBr)cc1-c1cccnc1. The number of alkyl halides is 1. The molecule has 0 radical (unpaired) electrons. The van der Waals surface area contributed by atoms with Crippen molar-refractivity contribution in [3.63, 3.8) is 0 Å². The molecule has 0 spiro atoms. The van der Waals surface area contributed by atoms with E-state index in [9.17, 15) is 0 Å². The van der Waals surface area contributed by atoms with E-state index in [1.165, 1.54) is 0 Å². The monoisotopic (exact) mass is 282 g/mol. The van der Waals surface area contributed by atoms with Crippen molar-refractivity contribution in [1.82, 2.24) is 9.97 Å². The fourth-order valence-corrected chi connectivity index (χ4v) is 1.81. The summed E-state index contributed by atoms with van der Waals surface area (Å²) < 4.78 is 0. The van der Waals surface area contributed by atoms with Gasteiger partial charge in [-0.2, -0.15) is 0 Å². The third kappa shape index (κ3) is 2.36. The molecule has 2 rings (SSSR count). The summed E-state index contributed by atoms with van der Waals surface area (Å²) in [5.41, 5.74) is 3.00. The molecule has 4 heteroatoms. The molecular weight excluding hydrogens is 275 g/mol. The first kappa shape index (κ1) is 10.6. The molecule has 0 N–H and O–H groups in total. The van der Waals surface area contributed by atoms with Crippen LogP contribution in [0.1, 0.15) is 5.56 Å². The van der Waals surface area contributed by atoms with E-state index in [1.54, 1.807) is 18.6 Å². The molecule has 0 fully saturated rings. The minimum Gasteiger partial charge on any atom is -0.264 e. The van der Waals surface area contributed by atoms with Crippen molar-refractivity contribution in [2.24, 2.45) is 0 Å².